The van der Waals surface area contributed by atoms with Gasteiger partial charge in [-0.25, -0.2) is 0 Å². The Morgan fingerprint density at radius 2 is 1.93 bits per heavy atom. The van der Waals surface area contributed by atoms with Crippen molar-refractivity contribution in [3.8, 4) is 11.5 Å². The first kappa shape index (κ1) is 19.7. The summed E-state index contributed by atoms with van der Waals surface area (Å²) < 4.78 is 11.7. The Bertz CT molecular complexity index is 914. The van der Waals surface area contributed by atoms with Crippen LogP contribution in [0.1, 0.15) is 19.4 Å². The fourth-order valence-corrected chi connectivity index (χ4v) is 4.09. The summed E-state index contributed by atoms with van der Waals surface area (Å²) in [6.45, 7) is 4.92. The fourth-order valence-electron chi connectivity index (χ4n) is 2.62. The van der Waals surface area contributed by atoms with E-state index in [4.69, 9.17) is 33.3 Å². The highest BCUT2D eigenvalue weighted by atomic mass is 35.5. The Morgan fingerprint density at radius 1 is 1.15 bits per heavy atom. The van der Waals surface area contributed by atoms with Crippen LogP contribution in [0.4, 0.5) is 5.69 Å². The van der Waals surface area contributed by atoms with Gasteiger partial charge < -0.3 is 9.47 Å². The molecule has 1 heterocycles. The zero-order valence-corrected chi connectivity index (χ0v) is 17.3. The number of carbonyl (C=O) groups excluding carboxylic acids is 1. The largest absolute Gasteiger partial charge is 0.494 e. The minimum absolute atomic E-state index is 0.177. The molecule has 1 amide bonds. The van der Waals surface area contributed by atoms with E-state index >= 15 is 0 Å². The van der Waals surface area contributed by atoms with Crippen LogP contribution in [0.15, 0.2) is 47.4 Å². The summed E-state index contributed by atoms with van der Waals surface area (Å²) in [6, 6.07) is 12.6. The van der Waals surface area contributed by atoms with E-state index < -0.39 is 0 Å². The van der Waals surface area contributed by atoms with Gasteiger partial charge in [-0.2, -0.15) is 0 Å². The van der Waals surface area contributed by atoms with Gasteiger partial charge in [-0.3, -0.25) is 9.69 Å². The molecule has 0 unspecified atom stereocenters. The molecule has 0 atom stereocenters. The van der Waals surface area contributed by atoms with E-state index in [9.17, 15) is 4.79 Å². The highest BCUT2D eigenvalue weighted by Crippen LogP contribution is 2.38. The Morgan fingerprint density at radius 3 is 2.63 bits per heavy atom. The van der Waals surface area contributed by atoms with Gasteiger partial charge in [-0.05, 0) is 50.3 Å². The van der Waals surface area contributed by atoms with Gasteiger partial charge in [0.05, 0.1) is 23.8 Å². The highest BCUT2D eigenvalue weighted by molar-refractivity contribution is 8.27. The fraction of sp³-hybridized carbons (Fsp3) is 0.200. The number of nitrogens with zero attached hydrogens (tertiary/aromatic N) is 1. The molecule has 0 saturated carbocycles. The molecule has 0 spiro atoms. The van der Waals surface area contributed by atoms with Crippen LogP contribution in [0.5, 0.6) is 11.5 Å². The third kappa shape index (κ3) is 4.46. The van der Waals surface area contributed by atoms with Gasteiger partial charge in [0.25, 0.3) is 5.91 Å². The van der Waals surface area contributed by atoms with E-state index in [0.29, 0.717) is 38.9 Å². The van der Waals surface area contributed by atoms with Crippen LogP contribution in [0.2, 0.25) is 5.02 Å². The predicted molar refractivity (Wildman–Crippen MR) is 116 cm³/mol. The molecule has 7 heteroatoms. The summed E-state index contributed by atoms with van der Waals surface area (Å²) >= 11 is 12.7. The van der Waals surface area contributed by atoms with Gasteiger partial charge in [0.15, 0.2) is 4.32 Å². The molecule has 0 radical (unpaired) electrons. The molecule has 0 N–H and O–H groups in total. The number of amides is 1. The lowest BCUT2D eigenvalue weighted by atomic mass is 10.1. The number of rotatable bonds is 6. The second kappa shape index (κ2) is 8.78. The van der Waals surface area contributed by atoms with Crippen LogP contribution in [-0.2, 0) is 4.79 Å². The Labute approximate surface area is 173 Å². The number of ether oxygens (including phenoxy) is 2. The molecule has 1 aliphatic rings. The predicted octanol–water partition coefficient (Wildman–Crippen LogP) is 5.54. The quantitative estimate of drug-likeness (QED) is 0.453. The molecule has 4 nitrogen and oxygen atoms in total. The Hall–Kier alpha value is -2.02. The number of thiocarbonyl (C=S) groups is 1. The maximum absolute atomic E-state index is 12.9. The van der Waals surface area contributed by atoms with Gasteiger partial charge in [-0.15, -0.1) is 0 Å². The van der Waals surface area contributed by atoms with Crippen molar-refractivity contribution >= 4 is 57.6 Å². The number of anilines is 1. The van der Waals surface area contributed by atoms with E-state index in [1.807, 2.05) is 38.1 Å². The SMILES string of the molecule is CCOc1ccc(/C=C2/SC(=S)N(c3cccc(Cl)c3)C2=O)c(OCC)c1. The topological polar surface area (TPSA) is 38.8 Å². The molecular weight excluding hydrogens is 402 g/mol. The third-order valence-corrected chi connectivity index (χ3v) is 5.28. The van der Waals surface area contributed by atoms with Gasteiger partial charge in [-0.1, -0.05) is 41.6 Å². The molecule has 0 bridgehead atoms. The molecule has 1 fully saturated rings. The standard InChI is InChI=1S/C20H18ClNO3S2/c1-3-24-16-9-8-13(17(12-16)25-4-2)10-18-19(23)22(20(26)27-18)15-7-5-6-14(21)11-15/h5-12H,3-4H2,1-2H3/b18-10+. The lowest BCUT2D eigenvalue weighted by Gasteiger charge is -2.14. The average molecular weight is 420 g/mol. The molecule has 1 aliphatic heterocycles. The second-order valence-corrected chi connectivity index (χ2v) is 7.67. The molecule has 140 valence electrons. The summed E-state index contributed by atoms with van der Waals surface area (Å²) in [4.78, 5) is 14.9. The number of halogens is 1. The molecule has 3 rings (SSSR count). The number of hydrogen-bond donors (Lipinski definition) is 0. The number of carbonyl (C=O) groups is 1. The van der Waals surface area contributed by atoms with Crippen LogP contribution in [0.3, 0.4) is 0 Å². The van der Waals surface area contributed by atoms with Gasteiger partial charge >= 0.3 is 0 Å². The van der Waals surface area contributed by atoms with Gasteiger partial charge in [0, 0.05) is 16.7 Å². The van der Waals surface area contributed by atoms with Crippen molar-refractivity contribution in [2.45, 2.75) is 13.8 Å². The smallest absolute Gasteiger partial charge is 0.270 e. The number of benzene rings is 2. The molecular formula is C20H18ClNO3S2. The van der Waals surface area contributed by atoms with Crippen molar-refractivity contribution < 1.29 is 14.3 Å². The average Bonchev–Trinajstić information content (AvgIpc) is 2.91. The monoisotopic (exact) mass is 419 g/mol. The first-order chi connectivity index (χ1) is 13.0. The van der Waals surface area contributed by atoms with E-state index in [0.717, 1.165) is 11.3 Å². The summed E-state index contributed by atoms with van der Waals surface area (Å²) in [5.41, 5.74) is 1.46. The summed E-state index contributed by atoms with van der Waals surface area (Å²) in [7, 11) is 0. The lowest BCUT2D eigenvalue weighted by Crippen LogP contribution is -2.27. The maximum atomic E-state index is 12.9. The molecule has 27 heavy (non-hydrogen) atoms. The van der Waals surface area contributed by atoms with Crippen LogP contribution in [0.25, 0.3) is 6.08 Å². The lowest BCUT2D eigenvalue weighted by molar-refractivity contribution is -0.113. The van der Waals surface area contributed by atoms with Crippen molar-refractivity contribution in [1.29, 1.82) is 0 Å². The minimum atomic E-state index is -0.177. The van der Waals surface area contributed by atoms with Crippen molar-refractivity contribution in [2.24, 2.45) is 0 Å². The molecule has 2 aromatic carbocycles. The van der Waals surface area contributed by atoms with Crippen molar-refractivity contribution in [3.63, 3.8) is 0 Å². The van der Waals surface area contributed by atoms with Crippen molar-refractivity contribution in [1.82, 2.24) is 0 Å². The van der Waals surface area contributed by atoms with E-state index in [1.165, 1.54) is 16.7 Å². The van der Waals surface area contributed by atoms with Crippen LogP contribution in [0, 0.1) is 0 Å². The first-order valence-corrected chi connectivity index (χ1v) is 10.1. The van der Waals surface area contributed by atoms with E-state index in [2.05, 4.69) is 0 Å². The van der Waals surface area contributed by atoms with E-state index in [1.54, 1.807) is 24.3 Å². The number of hydrogen-bond acceptors (Lipinski definition) is 5. The molecule has 0 aromatic heterocycles. The van der Waals surface area contributed by atoms with Crippen molar-refractivity contribution in [3.05, 3.63) is 58.0 Å². The highest BCUT2D eigenvalue weighted by Gasteiger charge is 2.33. The van der Waals surface area contributed by atoms with Crippen LogP contribution < -0.4 is 14.4 Å². The molecule has 0 aliphatic carbocycles. The third-order valence-electron chi connectivity index (χ3n) is 3.74. The van der Waals surface area contributed by atoms with Gasteiger partial charge in [0.1, 0.15) is 11.5 Å². The number of thioether (sulfide) groups is 1. The molecule has 2 aromatic rings. The van der Waals surface area contributed by atoms with Crippen LogP contribution in [-0.4, -0.2) is 23.4 Å². The van der Waals surface area contributed by atoms with Crippen molar-refractivity contribution in [2.75, 3.05) is 18.1 Å². The summed E-state index contributed by atoms with van der Waals surface area (Å²) in [5.74, 6) is 1.21. The van der Waals surface area contributed by atoms with Gasteiger partial charge in [0.2, 0.25) is 0 Å². The zero-order chi connectivity index (χ0) is 19.4. The Balaban J connectivity index is 1.93. The Kier molecular flexibility index (Phi) is 6.42. The normalized spacial score (nSPS) is 15.5. The van der Waals surface area contributed by atoms with Crippen LogP contribution >= 0.6 is 35.6 Å². The molecule has 1 saturated heterocycles. The van der Waals surface area contributed by atoms with E-state index in [-0.39, 0.29) is 5.91 Å². The summed E-state index contributed by atoms with van der Waals surface area (Å²) in [5, 5.41) is 0.552. The first-order valence-electron chi connectivity index (χ1n) is 8.46. The summed E-state index contributed by atoms with van der Waals surface area (Å²) in [6.07, 6.45) is 1.80. The second-order valence-electron chi connectivity index (χ2n) is 5.56. The maximum Gasteiger partial charge on any atom is 0.270 e. The zero-order valence-electron chi connectivity index (χ0n) is 14.9. The minimum Gasteiger partial charge on any atom is -0.494 e.